The lowest BCUT2D eigenvalue weighted by atomic mass is 10.2. The summed E-state index contributed by atoms with van der Waals surface area (Å²) in [5, 5.41) is 0. The van der Waals surface area contributed by atoms with E-state index in [2.05, 4.69) is 33.4 Å². The minimum atomic E-state index is 0.116. The van der Waals surface area contributed by atoms with Crippen LogP contribution in [0.4, 0.5) is 0 Å². The van der Waals surface area contributed by atoms with Crippen molar-refractivity contribution in [1.29, 1.82) is 0 Å². The van der Waals surface area contributed by atoms with Crippen LogP contribution in [0.25, 0.3) is 0 Å². The molecule has 0 fully saturated rings. The van der Waals surface area contributed by atoms with Gasteiger partial charge in [-0.1, -0.05) is 20.8 Å². The second kappa shape index (κ2) is 5.12. The first kappa shape index (κ1) is 9.31. The van der Waals surface area contributed by atoms with Crippen molar-refractivity contribution in [2.75, 3.05) is 6.61 Å². The SMILES string of the molecule is CCCOC(S)C(C)C. The lowest BCUT2D eigenvalue weighted by Gasteiger charge is -2.14. The molecule has 1 atom stereocenters. The molecule has 0 rings (SSSR count). The number of hydrogen-bond acceptors (Lipinski definition) is 2. The maximum atomic E-state index is 5.32. The molecule has 1 nitrogen and oxygen atoms in total. The van der Waals surface area contributed by atoms with Crippen LogP contribution in [0.2, 0.25) is 0 Å². The molecule has 1 unspecified atom stereocenters. The minimum absolute atomic E-state index is 0.116. The van der Waals surface area contributed by atoms with Crippen molar-refractivity contribution in [2.24, 2.45) is 5.92 Å². The Hall–Kier alpha value is 0.310. The number of hydrogen-bond donors (Lipinski definition) is 1. The van der Waals surface area contributed by atoms with Gasteiger partial charge >= 0.3 is 0 Å². The van der Waals surface area contributed by atoms with Crippen LogP contribution in [0.15, 0.2) is 0 Å². The monoisotopic (exact) mass is 148 g/mol. The van der Waals surface area contributed by atoms with Gasteiger partial charge in [-0.05, 0) is 12.3 Å². The number of thiol groups is 1. The van der Waals surface area contributed by atoms with Crippen molar-refractivity contribution in [2.45, 2.75) is 32.6 Å². The van der Waals surface area contributed by atoms with Crippen molar-refractivity contribution in [3.63, 3.8) is 0 Å². The van der Waals surface area contributed by atoms with Gasteiger partial charge in [-0.2, -0.15) is 0 Å². The summed E-state index contributed by atoms with van der Waals surface area (Å²) in [5.41, 5.74) is 0.116. The lowest BCUT2D eigenvalue weighted by molar-refractivity contribution is 0.0857. The average molecular weight is 148 g/mol. The van der Waals surface area contributed by atoms with E-state index in [4.69, 9.17) is 4.74 Å². The Kier molecular flexibility index (Phi) is 5.30. The predicted octanol–water partition coefficient (Wildman–Crippen LogP) is 2.32. The summed E-state index contributed by atoms with van der Waals surface area (Å²) >= 11 is 4.24. The standard InChI is InChI=1S/C7H16OS/c1-4-5-8-7(9)6(2)3/h6-7,9H,4-5H2,1-3H3. The van der Waals surface area contributed by atoms with Crippen molar-refractivity contribution in [3.05, 3.63) is 0 Å². The van der Waals surface area contributed by atoms with Gasteiger partial charge in [-0.15, -0.1) is 12.6 Å². The molecular formula is C7H16OS. The first-order valence-corrected chi connectivity index (χ1v) is 3.99. The summed E-state index contributed by atoms with van der Waals surface area (Å²) in [6.07, 6.45) is 1.07. The molecule has 0 aliphatic carbocycles. The highest BCUT2D eigenvalue weighted by Crippen LogP contribution is 2.09. The molecule has 0 bridgehead atoms. The molecule has 0 N–H and O–H groups in total. The molecule has 0 aliphatic rings. The summed E-state index contributed by atoms with van der Waals surface area (Å²) in [4.78, 5) is 0. The lowest BCUT2D eigenvalue weighted by Crippen LogP contribution is -2.12. The third-order valence-corrected chi connectivity index (χ3v) is 1.81. The van der Waals surface area contributed by atoms with E-state index in [9.17, 15) is 0 Å². The molecule has 0 aromatic heterocycles. The molecule has 0 aromatic carbocycles. The maximum Gasteiger partial charge on any atom is 0.102 e. The smallest absolute Gasteiger partial charge is 0.102 e. The fourth-order valence-corrected chi connectivity index (χ4v) is 0.536. The Labute approximate surface area is 63.2 Å². The highest BCUT2D eigenvalue weighted by atomic mass is 32.1. The van der Waals surface area contributed by atoms with Gasteiger partial charge in [0.05, 0.1) is 0 Å². The third-order valence-electron chi connectivity index (χ3n) is 1.06. The van der Waals surface area contributed by atoms with Gasteiger partial charge in [0, 0.05) is 6.61 Å². The Bertz CT molecular complexity index is 63.9. The zero-order chi connectivity index (χ0) is 7.28. The van der Waals surface area contributed by atoms with Gasteiger partial charge in [0.2, 0.25) is 0 Å². The van der Waals surface area contributed by atoms with Gasteiger partial charge in [-0.25, -0.2) is 0 Å². The van der Waals surface area contributed by atoms with Crippen LogP contribution >= 0.6 is 12.6 Å². The van der Waals surface area contributed by atoms with Crippen LogP contribution in [0.3, 0.4) is 0 Å². The summed E-state index contributed by atoms with van der Waals surface area (Å²) in [7, 11) is 0. The quantitative estimate of drug-likeness (QED) is 0.475. The fourth-order valence-electron chi connectivity index (χ4n) is 0.431. The van der Waals surface area contributed by atoms with E-state index >= 15 is 0 Å². The zero-order valence-electron chi connectivity index (χ0n) is 6.42. The summed E-state index contributed by atoms with van der Waals surface area (Å²) in [5.74, 6) is 0.514. The molecule has 0 saturated carbocycles. The van der Waals surface area contributed by atoms with Crippen LogP contribution in [-0.2, 0) is 4.74 Å². The van der Waals surface area contributed by atoms with Crippen LogP contribution in [0.1, 0.15) is 27.2 Å². The summed E-state index contributed by atoms with van der Waals surface area (Å²) < 4.78 is 5.32. The van der Waals surface area contributed by atoms with E-state index in [1.54, 1.807) is 0 Å². The highest BCUT2D eigenvalue weighted by Gasteiger charge is 2.05. The second-order valence-corrected chi connectivity index (χ2v) is 3.01. The fraction of sp³-hybridized carbons (Fsp3) is 1.00. The average Bonchev–Trinajstić information content (AvgIpc) is 1.82. The van der Waals surface area contributed by atoms with Crippen molar-refractivity contribution in [1.82, 2.24) is 0 Å². The zero-order valence-corrected chi connectivity index (χ0v) is 7.32. The van der Waals surface area contributed by atoms with Gasteiger partial charge in [0.15, 0.2) is 0 Å². The molecule has 0 amide bonds. The minimum Gasteiger partial charge on any atom is -0.368 e. The largest absolute Gasteiger partial charge is 0.368 e. The Morgan fingerprint density at radius 1 is 1.44 bits per heavy atom. The normalized spacial score (nSPS) is 14.3. The van der Waals surface area contributed by atoms with E-state index in [-0.39, 0.29) is 5.44 Å². The van der Waals surface area contributed by atoms with Crippen LogP contribution in [-0.4, -0.2) is 12.0 Å². The van der Waals surface area contributed by atoms with E-state index in [0.29, 0.717) is 5.92 Å². The van der Waals surface area contributed by atoms with Crippen molar-refractivity contribution < 1.29 is 4.74 Å². The Morgan fingerprint density at radius 3 is 2.33 bits per heavy atom. The first-order valence-electron chi connectivity index (χ1n) is 3.48. The molecule has 0 aliphatic heterocycles. The molecule has 9 heavy (non-hydrogen) atoms. The third kappa shape index (κ3) is 4.79. The first-order chi connectivity index (χ1) is 4.18. The Morgan fingerprint density at radius 2 is 2.00 bits per heavy atom. The topological polar surface area (TPSA) is 9.23 Å². The molecule has 0 radical (unpaired) electrons. The summed E-state index contributed by atoms with van der Waals surface area (Å²) in [6.45, 7) is 7.13. The van der Waals surface area contributed by atoms with Crippen LogP contribution < -0.4 is 0 Å². The van der Waals surface area contributed by atoms with Gasteiger partial charge in [0.25, 0.3) is 0 Å². The highest BCUT2D eigenvalue weighted by molar-refractivity contribution is 7.80. The van der Waals surface area contributed by atoms with Crippen LogP contribution in [0.5, 0.6) is 0 Å². The van der Waals surface area contributed by atoms with E-state index in [1.165, 1.54) is 0 Å². The number of rotatable bonds is 4. The molecule has 56 valence electrons. The summed E-state index contributed by atoms with van der Waals surface area (Å²) in [6, 6.07) is 0. The van der Waals surface area contributed by atoms with Gasteiger partial charge in [0.1, 0.15) is 5.44 Å². The molecule has 0 aromatic rings. The predicted molar refractivity (Wildman–Crippen MR) is 43.9 cm³/mol. The van der Waals surface area contributed by atoms with E-state index in [0.717, 1.165) is 13.0 Å². The maximum absolute atomic E-state index is 5.32. The molecule has 0 heterocycles. The van der Waals surface area contributed by atoms with Crippen LogP contribution in [0, 0.1) is 5.92 Å². The molecular weight excluding hydrogens is 132 g/mol. The molecule has 2 heteroatoms. The second-order valence-electron chi connectivity index (χ2n) is 2.51. The van der Waals surface area contributed by atoms with E-state index < -0.39 is 0 Å². The Balaban J connectivity index is 3.16. The molecule has 0 spiro atoms. The van der Waals surface area contributed by atoms with Gasteiger partial charge < -0.3 is 4.74 Å². The van der Waals surface area contributed by atoms with Gasteiger partial charge in [-0.3, -0.25) is 0 Å². The molecule has 0 saturated heterocycles. The van der Waals surface area contributed by atoms with Crippen molar-refractivity contribution >= 4 is 12.6 Å². The van der Waals surface area contributed by atoms with Crippen molar-refractivity contribution in [3.8, 4) is 0 Å². The van der Waals surface area contributed by atoms with E-state index in [1.807, 2.05) is 0 Å². The number of ether oxygens (including phenoxy) is 1.